The summed E-state index contributed by atoms with van der Waals surface area (Å²) in [4.78, 5) is 22.6. The van der Waals surface area contributed by atoms with Gasteiger partial charge in [0, 0.05) is 39.5 Å². The molecule has 0 bridgehead atoms. The molecule has 6 nitrogen and oxygen atoms in total. The maximum atomic E-state index is 13.4. The molecule has 0 saturated carbocycles. The summed E-state index contributed by atoms with van der Waals surface area (Å²) < 4.78 is 7.45. The molecule has 0 N–H and O–H groups in total. The number of nitrogens with zero attached hydrogens (tertiary/aromatic N) is 4. The molecule has 1 atom stereocenters. The Morgan fingerprint density at radius 3 is 2.75 bits per heavy atom. The van der Waals surface area contributed by atoms with Crippen molar-refractivity contribution >= 4 is 11.6 Å². The Hall–Kier alpha value is -1.92. The minimum atomic E-state index is 0.103. The molecule has 152 valence electrons. The van der Waals surface area contributed by atoms with E-state index in [1.54, 1.807) is 7.11 Å². The van der Waals surface area contributed by atoms with Gasteiger partial charge in [-0.3, -0.25) is 9.69 Å². The summed E-state index contributed by atoms with van der Waals surface area (Å²) in [6.45, 7) is 7.41. The lowest BCUT2D eigenvalue weighted by molar-refractivity contribution is 0.0754. The highest BCUT2D eigenvalue weighted by Crippen LogP contribution is 2.23. The number of hydrogen-bond acceptors (Lipinski definition) is 4. The second-order valence-corrected chi connectivity index (χ2v) is 8.39. The minimum Gasteiger partial charge on any atom is -0.384 e. The molecule has 2 aliphatic heterocycles. The zero-order valence-corrected chi connectivity index (χ0v) is 17.2. The lowest BCUT2D eigenvalue weighted by atomic mass is 10.1. The fourth-order valence-electron chi connectivity index (χ4n) is 4.58. The van der Waals surface area contributed by atoms with Crippen molar-refractivity contribution in [3.05, 3.63) is 35.3 Å². The molecule has 0 spiro atoms. The van der Waals surface area contributed by atoms with Crippen LogP contribution in [0.1, 0.15) is 53.8 Å². The fourth-order valence-corrected chi connectivity index (χ4v) is 4.58. The highest BCUT2D eigenvalue weighted by molar-refractivity contribution is 5.94. The van der Waals surface area contributed by atoms with E-state index in [9.17, 15) is 4.79 Å². The van der Waals surface area contributed by atoms with E-state index in [0.717, 1.165) is 69.9 Å². The third-order valence-corrected chi connectivity index (χ3v) is 6.12. The van der Waals surface area contributed by atoms with E-state index in [4.69, 9.17) is 9.72 Å². The molecule has 2 aliphatic rings. The largest absolute Gasteiger partial charge is 0.384 e. The highest BCUT2D eigenvalue weighted by Gasteiger charge is 2.28. The van der Waals surface area contributed by atoms with E-state index in [1.807, 2.05) is 4.90 Å². The molecule has 0 radical (unpaired) electrons. The van der Waals surface area contributed by atoms with Gasteiger partial charge in [0.2, 0.25) is 0 Å². The van der Waals surface area contributed by atoms with Crippen LogP contribution in [-0.2, 0) is 11.3 Å². The normalized spacial score (nSPS) is 21.4. The summed E-state index contributed by atoms with van der Waals surface area (Å²) in [5.41, 5.74) is 3.71. The van der Waals surface area contributed by atoms with E-state index in [0.29, 0.717) is 11.6 Å². The number of fused-ring (bicyclic) bond motifs is 1. The Morgan fingerprint density at radius 2 is 2.00 bits per heavy atom. The molecule has 2 saturated heterocycles. The van der Waals surface area contributed by atoms with Crippen LogP contribution in [0.25, 0.3) is 5.65 Å². The average molecular weight is 385 g/mol. The number of likely N-dealkylation sites (tertiary alicyclic amines) is 2. The number of carbonyl (C=O) groups is 1. The Kier molecular flexibility index (Phi) is 5.97. The molecule has 0 aliphatic carbocycles. The van der Waals surface area contributed by atoms with Crippen molar-refractivity contribution in [3.8, 4) is 0 Å². The SMILES string of the molecule is COC[C@H]1CCN(Cc2c(C(=O)N3CCCCCC3)nc3cc(C)ccn23)C1. The summed E-state index contributed by atoms with van der Waals surface area (Å²) in [5.74, 6) is 0.682. The van der Waals surface area contributed by atoms with Crippen LogP contribution in [-0.4, -0.2) is 65.0 Å². The standard InChI is InChI=1S/C22H32N4O2/c1-17-7-12-26-19(15-24-11-8-18(14-24)16-28-2)21(23-20(26)13-17)22(27)25-9-5-3-4-6-10-25/h7,12-13,18H,3-6,8-11,14-16H2,1-2H3/t18-/m0/s1. The van der Waals surface area contributed by atoms with E-state index in [1.165, 1.54) is 18.4 Å². The zero-order valence-electron chi connectivity index (χ0n) is 17.2. The topological polar surface area (TPSA) is 50.1 Å². The van der Waals surface area contributed by atoms with Crippen molar-refractivity contribution in [2.75, 3.05) is 39.9 Å². The summed E-state index contributed by atoms with van der Waals surface area (Å²) in [7, 11) is 1.77. The first kappa shape index (κ1) is 19.4. The van der Waals surface area contributed by atoms with E-state index in [-0.39, 0.29) is 5.91 Å². The molecule has 0 aromatic carbocycles. The van der Waals surface area contributed by atoms with Crippen LogP contribution in [0.15, 0.2) is 18.3 Å². The van der Waals surface area contributed by atoms with Gasteiger partial charge in [0.1, 0.15) is 5.65 Å². The number of pyridine rings is 1. The first-order valence-corrected chi connectivity index (χ1v) is 10.6. The van der Waals surface area contributed by atoms with Crippen molar-refractivity contribution in [2.24, 2.45) is 5.92 Å². The number of imidazole rings is 1. The quantitative estimate of drug-likeness (QED) is 0.795. The Labute approximate surface area is 167 Å². The zero-order chi connectivity index (χ0) is 19.5. The molecular weight excluding hydrogens is 352 g/mol. The Balaban J connectivity index is 1.63. The Morgan fingerprint density at radius 1 is 1.21 bits per heavy atom. The van der Waals surface area contributed by atoms with E-state index in [2.05, 4.69) is 34.6 Å². The molecule has 2 aromatic rings. The molecule has 28 heavy (non-hydrogen) atoms. The van der Waals surface area contributed by atoms with Crippen molar-refractivity contribution in [1.29, 1.82) is 0 Å². The third kappa shape index (κ3) is 4.08. The number of aromatic nitrogens is 2. The third-order valence-electron chi connectivity index (χ3n) is 6.12. The van der Waals surface area contributed by atoms with E-state index < -0.39 is 0 Å². The molecule has 6 heteroatoms. The van der Waals surface area contributed by atoms with Crippen LogP contribution in [0.3, 0.4) is 0 Å². The van der Waals surface area contributed by atoms with Gasteiger partial charge < -0.3 is 14.0 Å². The molecule has 2 aromatic heterocycles. The van der Waals surface area contributed by atoms with Gasteiger partial charge >= 0.3 is 0 Å². The molecular formula is C22H32N4O2. The van der Waals surface area contributed by atoms with Crippen LogP contribution < -0.4 is 0 Å². The number of amides is 1. The average Bonchev–Trinajstić information content (AvgIpc) is 3.15. The van der Waals surface area contributed by atoms with Crippen LogP contribution in [0.5, 0.6) is 0 Å². The van der Waals surface area contributed by atoms with Crippen molar-refractivity contribution in [3.63, 3.8) is 0 Å². The van der Waals surface area contributed by atoms with E-state index >= 15 is 0 Å². The van der Waals surface area contributed by atoms with Gasteiger partial charge in [0.25, 0.3) is 5.91 Å². The first-order chi connectivity index (χ1) is 13.7. The minimum absolute atomic E-state index is 0.103. The molecule has 0 unspecified atom stereocenters. The molecule has 4 heterocycles. The number of carbonyl (C=O) groups excluding carboxylic acids is 1. The number of aryl methyl sites for hydroxylation is 1. The number of methoxy groups -OCH3 is 1. The lowest BCUT2D eigenvalue weighted by Crippen LogP contribution is -2.33. The Bertz CT molecular complexity index is 823. The molecule has 1 amide bonds. The second-order valence-electron chi connectivity index (χ2n) is 8.39. The molecule has 4 rings (SSSR count). The predicted molar refractivity (Wildman–Crippen MR) is 110 cm³/mol. The summed E-state index contributed by atoms with van der Waals surface area (Å²) in [6, 6.07) is 4.16. The summed E-state index contributed by atoms with van der Waals surface area (Å²) in [5, 5.41) is 0. The van der Waals surface area contributed by atoms with Crippen LogP contribution >= 0.6 is 0 Å². The summed E-state index contributed by atoms with van der Waals surface area (Å²) >= 11 is 0. The van der Waals surface area contributed by atoms with Gasteiger partial charge in [0.05, 0.1) is 12.3 Å². The van der Waals surface area contributed by atoms with Gasteiger partial charge in [-0.15, -0.1) is 0 Å². The number of rotatable bonds is 5. The number of hydrogen-bond donors (Lipinski definition) is 0. The van der Waals surface area contributed by atoms with Crippen molar-refractivity contribution < 1.29 is 9.53 Å². The predicted octanol–water partition coefficient (Wildman–Crippen LogP) is 3.13. The van der Waals surface area contributed by atoms with Crippen molar-refractivity contribution in [1.82, 2.24) is 19.2 Å². The van der Waals surface area contributed by atoms with Crippen LogP contribution in [0.4, 0.5) is 0 Å². The highest BCUT2D eigenvalue weighted by atomic mass is 16.5. The lowest BCUT2D eigenvalue weighted by Gasteiger charge is -2.21. The summed E-state index contributed by atoms with van der Waals surface area (Å²) in [6.07, 6.45) is 7.84. The van der Waals surface area contributed by atoms with Crippen molar-refractivity contribution in [2.45, 2.75) is 45.6 Å². The maximum absolute atomic E-state index is 13.4. The van der Waals surface area contributed by atoms with Gasteiger partial charge in [0.15, 0.2) is 5.69 Å². The molecule has 2 fully saturated rings. The number of ether oxygens (including phenoxy) is 1. The van der Waals surface area contributed by atoms with Gasteiger partial charge in [-0.1, -0.05) is 12.8 Å². The second kappa shape index (κ2) is 8.62. The van der Waals surface area contributed by atoms with Gasteiger partial charge in [-0.25, -0.2) is 4.98 Å². The fraction of sp³-hybridized carbons (Fsp3) is 0.636. The van der Waals surface area contributed by atoms with Gasteiger partial charge in [-0.2, -0.15) is 0 Å². The monoisotopic (exact) mass is 384 g/mol. The van der Waals surface area contributed by atoms with Gasteiger partial charge in [-0.05, 0) is 56.3 Å². The van der Waals surface area contributed by atoms with Crippen LogP contribution in [0, 0.1) is 12.8 Å². The first-order valence-electron chi connectivity index (χ1n) is 10.6. The van der Waals surface area contributed by atoms with Crippen LogP contribution in [0.2, 0.25) is 0 Å². The smallest absolute Gasteiger partial charge is 0.274 e. The maximum Gasteiger partial charge on any atom is 0.274 e.